The molecule has 2 N–H and O–H groups in total. The van der Waals surface area contributed by atoms with E-state index in [1.54, 1.807) is 0 Å². The molecule has 1 aliphatic rings. The van der Waals surface area contributed by atoms with Crippen LogP contribution in [0.15, 0.2) is 48.5 Å². The van der Waals surface area contributed by atoms with Gasteiger partial charge in [-0.05, 0) is 48.7 Å². The predicted octanol–water partition coefficient (Wildman–Crippen LogP) is 3.03. The van der Waals surface area contributed by atoms with Crippen molar-refractivity contribution < 1.29 is 9.59 Å². The highest BCUT2D eigenvalue weighted by Gasteiger charge is 2.22. The van der Waals surface area contributed by atoms with E-state index >= 15 is 0 Å². The van der Waals surface area contributed by atoms with Crippen molar-refractivity contribution in [1.29, 1.82) is 0 Å². The zero-order valence-corrected chi connectivity index (χ0v) is 13.7. The molecule has 0 aromatic heterocycles. The van der Waals surface area contributed by atoms with Gasteiger partial charge in [0.2, 0.25) is 0 Å². The molecule has 5 nitrogen and oxygen atoms in total. The highest BCUT2D eigenvalue weighted by Crippen LogP contribution is 2.24. The summed E-state index contributed by atoms with van der Waals surface area (Å²) in [6.45, 7) is 3.73. The van der Waals surface area contributed by atoms with Crippen LogP contribution in [0, 0.1) is 0 Å². The fourth-order valence-electron chi connectivity index (χ4n) is 2.91. The van der Waals surface area contributed by atoms with Crippen molar-refractivity contribution in [3.63, 3.8) is 0 Å². The van der Waals surface area contributed by atoms with Crippen LogP contribution in [0.25, 0.3) is 0 Å². The van der Waals surface area contributed by atoms with Crippen LogP contribution >= 0.6 is 0 Å². The molecule has 1 aliphatic heterocycles. The Hall–Kier alpha value is -2.82. The quantitative estimate of drug-likeness (QED) is 0.912. The van der Waals surface area contributed by atoms with Crippen molar-refractivity contribution in [2.45, 2.75) is 19.9 Å². The van der Waals surface area contributed by atoms with Crippen molar-refractivity contribution >= 4 is 17.6 Å². The third-order valence-electron chi connectivity index (χ3n) is 4.12. The molecule has 0 fully saturated rings. The largest absolute Gasteiger partial charge is 0.338 e. The molecule has 24 heavy (non-hydrogen) atoms. The van der Waals surface area contributed by atoms with Gasteiger partial charge in [0.15, 0.2) is 0 Å². The first kappa shape index (κ1) is 16.1. The zero-order valence-electron chi connectivity index (χ0n) is 13.7. The number of amides is 3. The fourth-order valence-corrected chi connectivity index (χ4v) is 2.91. The van der Waals surface area contributed by atoms with E-state index in [0.717, 1.165) is 17.7 Å². The molecule has 0 spiro atoms. The number of urea groups is 1. The van der Waals surface area contributed by atoms with Crippen molar-refractivity contribution in [1.82, 2.24) is 10.2 Å². The Morgan fingerprint density at radius 2 is 1.88 bits per heavy atom. The molecule has 0 aliphatic carbocycles. The average Bonchev–Trinajstić information content (AvgIpc) is 2.61. The number of fused-ring (bicyclic) bond motifs is 1. The molecule has 5 heteroatoms. The minimum absolute atomic E-state index is 0.0448. The lowest BCUT2D eigenvalue weighted by molar-refractivity contribution is 0.0734. The first-order valence-electron chi connectivity index (χ1n) is 8.18. The van der Waals surface area contributed by atoms with Gasteiger partial charge in [0.05, 0.1) is 0 Å². The summed E-state index contributed by atoms with van der Waals surface area (Å²) in [5.74, 6) is 0.0448. The molecule has 0 atom stereocenters. The smallest absolute Gasteiger partial charge is 0.319 e. The van der Waals surface area contributed by atoms with Gasteiger partial charge in [-0.3, -0.25) is 4.79 Å². The van der Waals surface area contributed by atoms with Gasteiger partial charge < -0.3 is 15.5 Å². The number of anilines is 1. The molecule has 2 aromatic rings. The molecule has 3 amide bonds. The second-order valence-corrected chi connectivity index (χ2v) is 5.81. The molecule has 0 saturated heterocycles. The fraction of sp³-hybridized carbons (Fsp3) is 0.263. The number of hydrogen-bond donors (Lipinski definition) is 2. The summed E-state index contributed by atoms with van der Waals surface area (Å²) < 4.78 is 0. The summed E-state index contributed by atoms with van der Waals surface area (Å²) in [5, 5.41) is 5.52. The summed E-state index contributed by atoms with van der Waals surface area (Å²) in [6, 6.07) is 15.0. The van der Waals surface area contributed by atoms with E-state index in [4.69, 9.17) is 0 Å². The summed E-state index contributed by atoms with van der Waals surface area (Å²) in [6.07, 6.45) is 0.829. The number of benzene rings is 2. The van der Waals surface area contributed by atoms with Crippen LogP contribution in [-0.2, 0) is 13.0 Å². The van der Waals surface area contributed by atoms with Gasteiger partial charge in [0, 0.05) is 30.9 Å². The van der Waals surface area contributed by atoms with Crippen molar-refractivity contribution in [2.24, 2.45) is 0 Å². The molecule has 124 valence electrons. The number of carbonyl (C=O) groups is 2. The highest BCUT2D eigenvalue weighted by atomic mass is 16.2. The SMILES string of the molecule is CCNC(=O)Nc1ccc2c(c1)CN(C(=O)c1ccccc1)CC2. The van der Waals surface area contributed by atoms with Crippen LogP contribution < -0.4 is 10.6 Å². The monoisotopic (exact) mass is 323 g/mol. The zero-order chi connectivity index (χ0) is 16.9. The molecule has 2 aromatic carbocycles. The number of hydrogen-bond acceptors (Lipinski definition) is 2. The van der Waals surface area contributed by atoms with E-state index in [0.29, 0.717) is 25.2 Å². The van der Waals surface area contributed by atoms with Crippen LogP contribution in [0.4, 0.5) is 10.5 Å². The van der Waals surface area contributed by atoms with E-state index in [9.17, 15) is 9.59 Å². The molecule has 0 bridgehead atoms. The van der Waals surface area contributed by atoms with E-state index in [2.05, 4.69) is 10.6 Å². The maximum Gasteiger partial charge on any atom is 0.319 e. The second-order valence-electron chi connectivity index (χ2n) is 5.81. The van der Waals surface area contributed by atoms with Gasteiger partial charge in [-0.1, -0.05) is 24.3 Å². The van der Waals surface area contributed by atoms with Crippen molar-refractivity contribution in [3.05, 3.63) is 65.2 Å². The van der Waals surface area contributed by atoms with Crippen molar-refractivity contribution in [3.8, 4) is 0 Å². The highest BCUT2D eigenvalue weighted by molar-refractivity contribution is 5.94. The van der Waals surface area contributed by atoms with Gasteiger partial charge in [0.1, 0.15) is 0 Å². The molecular weight excluding hydrogens is 302 g/mol. The van der Waals surface area contributed by atoms with Gasteiger partial charge in [-0.25, -0.2) is 4.79 Å². The molecule has 1 heterocycles. The van der Waals surface area contributed by atoms with E-state index in [1.807, 2.05) is 60.4 Å². The number of nitrogens with zero attached hydrogens (tertiary/aromatic N) is 1. The number of nitrogens with one attached hydrogen (secondary N) is 2. The Morgan fingerprint density at radius 1 is 1.08 bits per heavy atom. The molecule has 0 saturated carbocycles. The van der Waals surface area contributed by atoms with Crippen LogP contribution in [-0.4, -0.2) is 29.9 Å². The van der Waals surface area contributed by atoms with Crippen LogP contribution in [0.1, 0.15) is 28.4 Å². The van der Waals surface area contributed by atoms with E-state index in [1.165, 1.54) is 5.56 Å². The van der Waals surface area contributed by atoms with Gasteiger partial charge in [0.25, 0.3) is 5.91 Å². The van der Waals surface area contributed by atoms with Gasteiger partial charge >= 0.3 is 6.03 Å². The summed E-state index contributed by atoms with van der Waals surface area (Å²) in [4.78, 5) is 26.1. The number of carbonyl (C=O) groups excluding carboxylic acids is 2. The molecule has 0 unspecified atom stereocenters. The Morgan fingerprint density at radius 3 is 2.62 bits per heavy atom. The van der Waals surface area contributed by atoms with E-state index in [-0.39, 0.29) is 11.9 Å². The second kappa shape index (κ2) is 7.17. The molecular formula is C19H21N3O2. The van der Waals surface area contributed by atoms with E-state index < -0.39 is 0 Å². The lowest BCUT2D eigenvalue weighted by Gasteiger charge is -2.29. The summed E-state index contributed by atoms with van der Waals surface area (Å²) >= 11 is 0. The van der Waals surface area contributed by atoms with Crippen LogP contribution in [0.5, 0.6) is 0 Å². The summed E-state index contributed by atoms with van der Waals surface area (Å²) in [5.41, 5.74) is 3.76. The normalized spacial score (nSPS) is 13.1. The van der Waals surface area contributed by atoms with Crippen LogP contribution in [0.3, 0.4) is 0 Å². The Bertz CT molecular complexity index is 744. The maximum absolute atomic E-state index is 12.6. The first-order valence-corrected chi connectivity index (χ1v) is 8.18. The Balaban J connectivity index is 1.74. The standard InChI is InChI=1S/C19H21N3O2/c1-2-20-19(24)21-17-9-8-14-10-11-22(13-16(14)12-17)18(23)15-6-4-3-5-7-15/h3-9,12H,2,10-11,13H2,1H3,(H2,20,21,24). The molecule has 0 radical (unpaired) electrons. The van der Waals surface area contributed by atoms with Gasteiger partial charge in [-0.2, -0.15) is 0 Å². The lowest BCUT2D eigenvalue weighted by Crippen LogP contribution is -2.36. The molecule has 3 rings (SSSR count). The first-order chi connectivity index (χ1) is 11.7. The lowest BCUT2D eigenvalue weighted by atomic mass is 9.98. The Labute approximate surface area is 141 Å². The Kier molecular flexibility index (Phi) is 4.79. The predicted molar refractivity (Wildman–Crippen MR) is 94.0 cm³/mol. The van der Waals surface area contributed by atoms with Crippen molar-refractivity contribution in [2.75, 3.05) is 18.4 Å². The maximum atomic E-state index is 12.6. The van der Waals surface area contributed by atoms with Gasteiger partial charge in [-0.15, -0.1) is 0 Å². The number of rotatable bonds is 3. The minimum atomic E-state index is -0.217. The third kappa shape index (κ3) is 3.56. The minimum Gasteiger partial charge on any atom is -0.338 e. The topological polar surface area (TPSA) is 61.4 Å². The summed E-state index contributed by atoms with van der Waals surface area (Å²) in [7, 11) is 0. The third-order valence-corrected chi connectivity index (χ3v) is 4.12. The van der Waals surface area contributed by atoms with Crippen LogP contribution in [0.2, 0.25) is 0 Å². The average molecular weight is 323 g/mol.